The average molecular weight is 312 g/mol. The van der Waals surface area contributed by atoms with Crippen LogP contribution in [0.5, 0.6) is 5.75 Å². The molecule has 0 aliphatic carbocycles. The lowest BCUT2D eigenvalue weighted by atomic mass is 10.0. The van der Waals surface area contributed by atoms with E-state index in [1.54, 1.807) is 19.5 Å². The molecule has 1 saturated heterocycles. The summed E-state index contributed by atoms with van der Waals surface area (Å²) in [5.74, 6) is 0.768. The molecule has 1 fully saturated rings. The highest BCUT2D eigenvalue weighted by Gasteiger charge is 2.30. The Balaban J connectivity index is 1.83. The van der Waals surface area contributed by atoms with Crippen LogP contribution in [0.25, 0.3) is 0 Å². The maximum absolute atomic E-state index is 12.6. The fraction of sp³-hybridized carbons (Fsp3) is 0.353. The molecule has 2 aromatic rings. The number of amides is 1. The third-order valence-electron chi connectivity index (χ3n) is 4.22. The molecule has 1 aliphatic rings. The summed E-state index contributed by atoms with van der Waals surface area (Å²) in [6, 6.07) is 8.05. The van der Waals surface area contributed by atoms with E-state index in [4.69, 9.17) is 4.74 Å². The first kappa shape index (κ1) is 15.4. The SMILES string of the molecule is COc1ccccc1[C@H]1CN(C(=O)c2cnccn2)CCN1C. The van der Waals surface area contributed by atoms with Crippen molar-refractivity contribution in [3.8, 4) is 5.75 Å². The van der Waals surface area contributed by atoms with Crippen LogP contribution < -0.4 is 4.74 Å². The second-order valence-electron chi connectivity index (χ2n) is 5.58. The number of hydrogen-bond donors (Lipinski definition) is 0. The van der Waals surface area contributed by atoms with E-state index in [0.29, 0.717) is 18.8 Å². The second-order valence-corrected chi connectivity index (χ2v) is 5.58. The molecule has 6 nitrogen and oxygen atoms in total. The summed E-state index contributed by atoms with van der Waals surface area (Å²) in [7, 11) is 3.74. The van der Waals surface area contributed by atoms with Crippen LogP contribution >= 0.6 is 0 Å². The Bertz CT molecular complexity index is 677. The van der Waals surface area contributed by atoms with Crippen molar-refractivity contribution in [2.24, 2.45) is 0 Å². The molecule has 0 bridgehead atoms. The molecule has 0 unspecified atom stereocenters. The average Bonchev–Trinajstić information content (AvgIpc) is 2.62. The van der Waals surface area contributed by atoms with E-state index in [2.05, 4.69) is 28.0 Å². The van der Waals surface area contributed by atoms with Gasteiger partial charge < -0.3 is 9.64 Å². The number of hydrogen-bond acceptors (Lipinski definition) is 5. The van der Waals surface area contributed by atoms with Gasteiger partial charge in [-0.1, -0.05) is 18.2 Å². The minimum Gasteiger partial charge on any atom is -0.496 e. The highest BCUT2D eigenvalue weighted by atomic mass is 16.5. The van der Waals surface area contributed by atoms with Crippen molar-refractivity contribution in [2.45, 2.75) is 6.04 Å². The standard InChI is InChI=1S/C17H20N4O2/c1-20-9-10-21(17(22)14-11-18-7-8-19-14)12-15(20)13-5-3-4-6-16(13)23-2/h3-8,11,15H,9-10,12H2,1-2H3/t15-/m1/s1. The van der Waals surface area contributed by atoms with Crippen molar-refractivity contribution in [1.29, 1.82) is 0 Å². The van der Waals surface area contributed by atoms with Crippen molar-refractivity contribution in [2.75, 3.05) is 33.8 Å². The third kappa shape index (κ3) is 3.17. The van der Waals surface area contributed by atoms with Crippen molar-refractivity contribution < 1.29 is 9.53 Å². The molecule has 0 spiro atoms. The maximum Gasteiger partial charge on any atom is 0.274 e. The molecule has 1 aromatic heterocycles. The first-order chi connectivity index (χ1) is 11.2. The summed E-state index contributed by atoms with van der Waals surface area (Å²) in [5.41, 5.74) is 1.48. The molecular formula is C17H20N4O2. The Kier molecular flexibility index (Phi) is 4.52. The normalized spacial score (nSPS) is 18.7. The quantitative estimate of drug-likeness (QED) is 0.862. The van der Waals surface area contributed by atoms with Gasteiger partial charge >= 0.3 is 0 Å². The van der Waals surface area contributed by atoms with Gasteiger partial charge in [-0.2, -0.15) is 0 Å². The van der Waals surface area contributed by atoms with E-state index in [-0.39, 0.29) is 11.9 Å². The Labute approximate surface area is 135 Å². The first-order valence-corrected chi connectivity index (χ1v) is 7.59. The number of ether oxygens (including phenoxy) is 1. The molecule has 1 aliphatic heterocycles. The number of nitrogens with zero attached hydrogens (tertiary/aromatic N) is 4. The van der Waals surface area contributed by atoms with E-state index in [0.717, 1.165) is 17.9 Å². The van der Waals surface area contributed by atoms with Gasteiger partial charge in [0.25, 0.3) is 5.91 Å². The van der Waals surface area contributed by atoms with Crippen molar-refractivity contribution in [3.05, 3.63) is 54.1 Å². The number of carbonyl (C=O) groups is 1. The Hall–Kier alpha value is -2.47. The lowest BCUT2D eigenvalue weighted by Gasteiger charge is -2.39. The summed E-state index contributed by atoms with van der Waals surface area (Å²) >= 11 is 0. The fourth-order valence-electron chi connectivity index (χ4n) is 2.91. The number of benzene rings is 1. The van der Waals surface area contributed by atoms with Crippen molar-refractivity contribution in [1.82, 2.24) is 19.8 Å². The van der Waals surface area contributed by atoms with Gasteiger partial charge in [0.15, 0.2) is 0 Å². The zero-order chi connectivity index (χ0) is 16.2. The Morgan fingerprint density at radius 3 is 2.83 bits per heavy atom. The highest BCUT2D eigenvalue weighted by molar-refractivity contribution is 5.92. The van der Waals surface area contributed by atoms with Crippen LogP contribution in [0.4, 0.5) is 0 Å². The highest BCUT2D eigenvalue weighted by Crippen LogP contribution is 2.31. The lowest BCUT2D eigenvalue weighted by molar-refractivity contribution is 0.0536. The molecule has 3 rings (SSSR count). The molecular weight excluding hydrogens is 292 g/mol. The number of methoxy groups -OCH3 is 1. The molecule has 120 valence electrons. The van der Waals surface area contributed by atoms with E-state index in [1.807, 2.05) is 23.1 Å². The molecule has 1 atom stereocenters. The summed E-state index contributed by atoms with van der Waals surface area (Å²) in [6.07, 6.45) is 4.62. The Morgan fingerprint density at radius 1 is 1.26 bits per heavy atom. The number of para-hydroxylation sites is 1. The van der Waals surface area contributed by atoms with Crippen LogP contribution in [0.3, 0.4) is 0 Å². The van der Waals surface area contributed by atoms with Gasteiger partial charge in [-0.3, -0.25) is 14.7 Å². The summed E-state index contributed by atoms with van der Waals surface area (Å²) in [4.78, 5) is 24.8. The zero-order valence-corrected chi connectivity index (χ0v) is 13.3. The minimum absolute atomic E-state index is 0.0777. The van der Waals surface area contributed by atoms with Gasteiger partial charge in [0.2, 0.25) is 0 Å². The van der Waals surface area contributed by atoms with Crippen molar-refractivity contribution in [3.63, 3.8) is 0 Å². The monoisotopic (exact) mass is 312 g/mol. The van der Waals surface area contributed by atoms with E-state index in [1.165, 1.54) is 6.20 Å². The summed E-state index contributed by atoms with van der Waals surface area (Å²) in [5, 5.41) is 0. The van der Waals surface area contributed by atoms with Gasteiger partial charge in [0.1, 0.15) is 11.4 Å². The smallest absolute Gasteiger partial charge is 0.274 e. The van der Waals surface area contributed by atoms with E-state index in [9.17, 15) is 4.79 Å². The van der Waals surface area contributed by atoms with Gasteiger partial charge in [-0.25, -0.2) is 4.98 Å². The van der Waals surface area contributed by atoms with Crippen LogP contribution in [0.15, 0.2) is 42.9 Å². The largest absolute Gasteiger partial charge is 0.496 e. The second kappa shape index (κ2) is 6.75. The number of rotatable bonds is 3. The molecule has 2 heterocycles. The van der Waals surface area contributed by atoms with Crippen molar-refractivity contribution >= 4 is 5.91 Å². The maximum atomic E-state index is 12.6. The molecule has 23 heavy (non-hydrogen) atoms. The summed E-state index contributed by atoms with van der Waals surface area (Å²) in [6.45, 7) is 2.08. The predicted octanol–water partition coefficient (Wildman–Crippen LogP) is 1.61. The topological polar surface area (TPSA) is 58.6 Å². The number of likely N-dealkylation sites (N-methyl/N-ethyl adjacent to an activating group) is 1. The van der Waals surface area contributed by atoms with Gasteiger partial charge in [0.05, 0.1) is 19.3 Å². The van der Waals surface area contributed by atoms with Gasteiger partial charge in [-0.05, 0) is 13.1 Å². The van der Waals surface area contributed by atoms with Crippen LogP contribution in [0.2, 0.25) is 0 Å². The van der Waals surface area contributed by atoms with E-state index < -0.39 is 0 Å². The van der Waals surface area contributed by atoms with Gasteiger partial charge in [-0.15, -0.1) is 0 Å². The molecule has 0 radical (unpaired) electrons. The van der Waals surface area contributed by atoms with Crippen LogP contribution in [0, 0.1) is 0 Å². The van der Waals surface area contributed by atoms with Crippen LogP contribution in [-0.2, 0) is 0 Å². The molecule has 6 heteroatoms. The Morgan fingerprint density at radius 2 is 2.09 bits per heavy atom. The fourth-order valence-corrected chi connectivity index (χ4v) is 2.91. The van der Waals surface area contributed by atoms with E-state index >= 15 is 0 Å². The zero-order valence-electron chi connectivity index (χ0n) is 13.3. The minimum atomic E-state index is -0.0777. The first-order valence-electron chi connectivity index (χ1n) is 7.59. The molecule has 1 amide bonds. The summed E-state index contributed by atoms with van der Waals surface area (Å²) < 4.78 is 5.47. The molecule has 0 N–H and O–H groups in total. The van der Waals surface area contributed by atoms with Crippen LogP contribution in [-0.4, -0.2) is 59.5 Å². The van der Waals surface area contributed by atoms with Crippen LogP contribution in [0.1, 0.15) is 22.1 Å². The van der Waals surface area contributed by atoms with Gasteiger partial charge in [0, 0.05) is 37.6 Å². The molecule has 1 aromatic carbocycles. The third-order valence-corrected chi connectivity index (χ3v) is 4.22. The molecule has 0 saturated carbocycles. The number of carbonyl (C=O) groups excluding carboxylic acids is 1. The number of aromatic nitrogens is 2. The predicted molar refractivity (Wildman–Crippen MR) is 86.3 cm³/mol. The lowest BCUT2D eigenvalue weighted by Crippen LogP contribution is -2.49. The number of piperazine rings is 1.